The minimum absolute atomic E-state index is 0.0416. The Morgan fingerprint density at radius 3 is 2.84 bits per heavy atom. The maximum atomic E-state index is 12.1. The number of aliphatic hydroxyl groups excluding tert-OH is 1. The van der Waals surface area contributed by atoms with Gasteiger partial charge in [-0.1, -0.05) is 6.07 Å². The standard InChI is InChI=1S/C18H20N2O5/c21-10-13-5-15(22)18(24)16(25-13)9-19-6-11-4-12(8-19)14-2-1-3-17(23)20(14)7-11/h1-3,5,11-12,21,24H,4,6-10H2/t11-,12+/m1/s1. The van der Waals surface area contributed by atoms with Crippen LogP contribution in [0.3, 0.4) is 0 Å². The lowest BCUT2D eigenvalue weighted by Crippen LogP contribution is -2.46. The van der Waals surface area contributed by atoms with Crippen molar-refractivity contribution in [3.63, 3.8) is 0 Å². The van der Waals surface area contributed by atoms with Crippen molar-refractivity contribution < 1.29 is 14.6 Å². The van der Waals surface area contributed by atoms with Gasteiger partial charge in [0.15, 0.2) is 5.76 Å². The fourth-order valence-electron chi connectivity index (χ4n) is 4.10. The van der Waals surface area contributed by atoms with Gasteiger partial charge in [0.25, 0.3) is 5.56 Å². The van der Waals surface area contributed by atoms with Crippen LogP contribution in [0, 0.1) is 5.92 Å². The van der Waals surface area contributed by atoms with E-state index in [9.17, 15) is 19.8 Å². The van der Waals surface area contributed by atoms with E-state index in [0.717, 1.165) is 31.3 Å². The molecule has 7 nitrogen and oxygen atoms in total. The van der Waals surface area contributed by atoms with Crippen molar-refractivity contribution in [3.8, 4) is 5.75 Å². The number of aromatic hydroxyl groups is 1. The van der Waals surface area contributed by atoms with Crippen LogP contribution >= 0.6 is 0 Å². The molecule has 0 unspecified atom stereocenters. The molecule has 0 radical (unpaired) electrons. The molecule has 2 aliphatic rings. The topological polar surface area (TPSA) is 95.9 Å². The van der Waals surface area contributed by atoms with E-state index >= 15 is 0 Å². The Kier molecular flexibility index (Phi) is 3.97. The molecule has 0 amide bonds. The molecule has 25 heavy (non-hydrogen) atoms. The Morgan fingerprint density at radius 2 is 2.04 bits per heavy atom. The van der Waals surface area contributed by atoms with Crippen LogP contribution in [0.1, 0.15) is 29.6 Å². The summed E-state index contributed by atoms with van der Waals surface area (Å²) in [6, 6.07) is 6.49. The normalized spacial score (nSPS) is 22.6. The van der Waals surface area contributed by atoms with Crippen molar-refractivity contribution >= 4 is 0 Å². The number of hydrogen-bond donors (Lipinski definition) is 2. The summed E-state index contributed by atoms with van der Waals surface area (Å²) in [5, 5.41) is 19.2. The third kappa shape index (κ3) is 2.89. The lowest BCUT2D eigenvalue weighted by molar-refractivity contribution is 0.103. The zero-order chi connectivity index (χ0) is 17.6. The van der Waals surface area contributed by atoms with E-state index < -0.39 is 11.2 Å². The lowest BCUT2D eigenvalue weighted by atomic mass is 9.83. The molecule has 2 aromatic rings. The monoisotopic (exact) mass is 344 g/mol. The zero-order valence-corrected chi connectivity index (χ0v) is 13.7. The quantitative estimate of drug-likeness (QED) is 0.847. The molecule has 2 N–H and O–H groups in total. The average Bonchev–Trinajstić information content (AvgIpc) is 2.59. The summed E-state index contributed by atoms with van der Waals surface area (Å²) < 4.78 is 7.32. The molecule has 1 saturated heterocycles. The molecule has 0 saturated carbocycles. The van der Waals surface area contributed by atoms with Crippen LogP contribution in [-0.2, 0) is 19.7 Å². The predicted molar refractivity (Wildman–Crippen MR) is 89.4 cm³/mol. The van der Waals surface area contributed by atoms with Crippen molar-refractivity contribution in [1.82, 2.24) is 9.47 Å². The predicted octanol–water partition coefficient (Wildman–Crippen LogP) is 0.619. The van der Waals surface area contributed by atoms with E-state index in [2.05, 4.69) is 4.90 Å². The second kappa shape index (κ2) is 6.16. The molecule has 4 heterocycles. The molecule has 4 rings (SSSR count). The fourth-order valence-corrected chi connectivity index (χ4v) is 4.10. The zero-order valence-electron chi connectivity index (χ0n) is 13.7. The van der Waals surface area contributed by atoms with Gasteiger partial charge < -0.3 is 19.2 Å². The van der Waals surface area contributed by atoms with Gasteiger partial charge in [-0.25, -0.2) is 0 Å². The number of fused-ring (bicyclic) bond motifs is 4. The number of piperidine rings is 1. The van der Waals surface area contributed by atoms with Crippen molar-refractivity contribution in [2.24, 2.45) is 5.92 Å². The van der Waals surface area contributed by atoms with Gasteiger partial charge in [-0.05, 0) is 18.4 Å². The summed E-state index contributed by atoms with van der Waals surface area (Å²) in [6.07, 6.45) is 1.03. The minimum atomic E-state index is -0.542. The first kappa shape index (κ1) is 16.1. The number of aliphatic hydroxyl groups is 1. The number of nitrogens with zero attached hydrogens (tertiary/aromatic N) is 2. The Labute approximate surface area is 143 Å². The highest BCUT2D eigenvalue weighted by Crippen LogP contribution is 2.35. The van der Waals surface area contributed by atoms with Crippen LogP contribution in [0.5, 0.6) is 5.75 Å². The third-order valence-corrected chi connectivity index (χ3v) is 5.12. The van der Waals surface area contributed by atoms with Crippen molar-refractivity contribution in [2.45, 2.75) is 32.0 Å². The number of likely N-dealkylation sites (tertiary alicyclic amines) is 1. The first-order valence-electron chi connectivity index (χ1n) is 8.43. The van der Waals surface area contributed by atoms with Gasteiger partial charge in [0.2, 0.25) is 11.2 Å². The van der Waals surface area contributed by atoms with Crippen molar-refractivity contribution in [1.29, 1.82) is 0 Å². The Hall–Kier alpha value is -2.38. The molecule has 0 spiro atoms. The second-order valence-electron chi connectivity index (χ2n) is 6.90. The molecule has 0 aromatic carbocycles. The van der Waals surface area contributed by atoms with Crippen molar-refractivity contribution in [2.75, 3.05) is 13.1 Å². The summed E-state index contributed by atoms with van der Waals surface area (Å²) in [7, 11) is 0. The highest BCUT2D eigenvalue weighted by Gasteiger charge is 2.35. The second-order valence-corrected chi connectivity index (χ2v) is 6.90. The highest BCUT2D eigenvalue weighted by molar-refractivity contribution is 5.25. The maximum absolute atomic E-state index is 12.1. The van der Waals surface area contributed by atoms with Crippen LogP contribution in [0.15, 0.2) is 38.3 Å². The Morgan fingerprint density at radius 1 is 1.20 bits per heavy atom. The summed E-state index contributed by atoms with van der Waals surface area (Å²) in [4.78, 5) is 26.0. The van der Waals surface area contributed by atoms with Crippen LogP contribution in [0.4, 0.5) is 0 Å². The SMILES string of the molecule is O=c1cc(CO)oc(CN2C[C@H]3C[C@@H](C2)c2cccc(=O)n2C3)c1O. The Balaban J connectivity index is 1.60. The smallest absolute Gasteiger partial charge is 0.250 e. The average molecular weight is 344 g/mol. The molecule has 2 aliphatic heterocycles. The van der Waals surface area contributed by atoms with E-state index in [1.54, 1.807) is 12.1 Å². The number of pyridine rings is 1. The highest BCUT2D eigenvalue weighted by atomic mass is 16.4. The van der Waals surface area contributed by atoms with E-state index in [1.165, 1.54) is 0 Å². The number of rotatable bonds is 3. The molecule has 2 bridgehead atoms. The van der Waals surface area contributed by atoms with Gasteiger partial charge >= 0.3 is 0 Å². The van der Waals surface area contributed by atoms with E-state index in [1.807, 2.05) is 10.6 Å². The fraction of sp³-hybridized carbons (Fsp3) is 0.444. The molecule has 2 aromatic heterocycles. The van der Waals surface area contributed by atoms with E-state index in [0.29, 0.717) is 19.0 Å². The summed E-state index contributed by atoms with van der Waals surface area (Å²) in [5.41, 5.74) is 0.544. The molecular formula is C18H20N2O5. The molecule has 7 heteroatoms. The summed E-state index contributed by atoms with van der Waals surface area (Å²) in [6.45, 7) is 2.11. The van der Waals surface area contributed by atoms with Crippen LogP contribution in [0.2, 0.25) is 0 Å². The maximum Gasteiger partial charge on any atom is 0.250 e. The molecule has 132 valence electrons. The minimum Gasteiger partial charge on any atom is -0.502 e. The Bertz CT molecular complexity index is 916. The molecule has 2 atom stereocenters. The number of aromatic nitrogens is 1. The van der Waals surface area contributed by atoms with Gasteiger partial charge in [-0.2, -0.15) is 0 Å². The van der Waals surface area contributed by atoms with Gasteiger partial charge in [0.1, 0.15) is 12.4 Å². The van der Waals surface area contributed by atoms with Crippen LogP contribution in [-0.4, -0.2) is 32.8 Å². The summed E-state index contributed by atoms with van der Waals surface area (Å²) >= 11 is 0. The molecular weight excluding hydrogens is 324 g/mol. The summed E-state index contributed by atoms with van der Waals surface area (Å²) in [5.74, 6) is 0.524. The van der Waals surface area contributed by atoms with E-state index in [4.69, 9.17) is 4.42 Å². The van der Waals surface area contributed by atoms with Gasteiger partial charge in [-0.3, -0.25) is 14.5 Å². The number of hydrogen-bond acceptors (Lipinski definition) is 6. The molecule has 0 aliphatic carbocycles. The van der Waals surface area contributed by atoms with Crippen molar-refractivity contribution in [3.05, 3.63) is 62.1 Å². The first-order valence-corrected chi connectivity index (χ1v) is 8.43. The van der Waals surface area contributed by atoms with Crippen LogP contribution in [0.25, 0.3) is 0 Å². The first-order chi connectivity index (χ1) is 12.0. The van der Waals surface area contributed by atoms with Gasteiger partial charge in [0.05, 0.1) is 6.54 Å². The van der Waals surface area contributed by atoms with Crippen LogP contribution < -0.4 is 11.0 Å². The third-order valence-electron chi connectivity index (χ3n) is 5.12. The largest absolute Gasteiger partial charge is 0.502 e. The van der Waals surface area contributed by atoms with Gasteiger partial charge in [0, 0.05) is 43.4 Å². The lowest BCUT2D eigenvalue weighted by Gasteiger charge is -2.42. The van der Waals surface area contributed by atoms with Gasteiger partial charge in [-0.15, -0.1) is 0 Å². The molecule has 1 fully saturated rings. The van der Waals surface area contributed by atoms with E-state index in [-0.39, 0.29) is 29.6 Å².